The van der Waals surface area contributed by atoms with Gasteiger partial charge in [-0.1, -0.05) is 30.4 Å². The Morgan fingerprint density at radius 2 is 2.11 bits per heavy atom. The number of carbonyl (C=O) groups excluding carboxylic acids is 1. The summed E-state index contributed by atoms with van der Waals surface area (Å²) in [5.41, 5.74) is 1.83. The van der Waals surface area contributed by atoms with Gasteiger partial charge in [-0.25, -0.2) is 0 Å². The van der Waals surface area contributed by atoms with Gasteiger partial charge in [0.25, 0.3) is 5.91 Å². The van der Waals surface area contributed by atoms with E-state index in [2.05, 4.69) is 17.7 Å². The number of carbonyl (C=O) groups is 1. The minimum absolute atomic E-state index is 0.0641. The van der Waals surface area contributed by atoms with Gasteiger partial charge in [0.1, 0.15) is 5.69 Å². The van der Waals surface area contributed by atoms with Gasteiger partial charge >= 0.3 is 0 Å². The van der Waals surface area contributed by atoms with Crippen LogP contribution in [-0.2, 0) is 0 Å². The minimum atomic E-state index is 0.0641. The van der Waals surface area contributed by atoms with Gasteiger partial charge < -0.3 is 9.47 Å². The largest absolute Gasteiger partial charge is 0.331 e. The van der Waals surface area contributed by atoms with Crippen molar-refractivity contribution in [1.29, 1.82) is 0 Å². The van der Waals surface area contributed by atoms with Crippen LogP contribution in [0.1, 0.15) is 16.5 Å². The van der Waals surface area contributed by atoms with E-state index in [9.17, 15) is 4.79 Å². The van der Waals surface area contributed by atoms with E-state index in [1.165, 1.54) is 0 Å². The molecule has 1 aliphatic rings. The van der Waals surface area contributed by atoms with Gasteiger partial charge in [0.15, 0.2) is 0 Å². The van der Waals surface area contributed by atoms with Crippen LogP contribution in [0.2, 0.25) is 0 Å². The molecule has 0 unspecified atom stereocenters. The van der Waals surface area contributed by atoms with Gasteiger partial charge in [0.05, 0.1) is 6.04 Å². The van der Waals surface area contributed by atoms with Crippen LogP contribution in [0.25, 0.3) is 10.9 Å². The van der Waals surface area contributed by atoms with Crippen molar-refractivity contribution < 1.29 is 4.79 Å². The molecule has 0 spiro atoms. The number of hydrogen-bond acceptors (Lipinski definition) is 1. The molecule has 0 saturated carbocycles. The summed E-state index contributed by atoms with van der Waals surface area (Å²) in [7, 11) is 0. The van der Waals surface area contributed by atoms with Crippen molar-refractivity contribution in [2.75, 3.05) is 13.1 Å². The van der Waals surface area contributed by atoms with Crippen LogP contribution in [-0.4, -0.2) is 28.5 Å². The molecule has 96 valence electrons. The molecule has 0 saturated heterocycles. The molecule has 0 aliphatic carbocycles. The van der Waals surface area contributed by atoms with Gasteiger partial charge in [-0.2, -0.15) is 0 Å². The van der Waals surface area contributed by atoms with Crippen LogP contribution >= 0.6 is 0 Å². The van der Waals surface area contributed by atoms with E-state index in [-0.39, 0.29) is 11.9 Å². The lowest BCUT2D eigenvalue weighted by Crippen LogP contribution is -2.42. The summed E-state index contributed by atoms with van der Waals surface area (Å²) in [5, 5.41) is 1.10. The van der Waals surface area contributed by atoms with E-state index in [1.807, 2.05) is 41.3 Å². The van der Waals surface area contributed by atoms with Gasteiger partial charge in [0.2, 0.25) is 0 Å². The maximum atomic E-state index is 12.5. The second-order valence-electron chi connectivity index (χ2n) is 4.76. The number of aromatic nitrogens is 1. The van der Waals surface area contributed by atoms with Crippen molar-refractivity contribution in [3.8, 4) is 0 Å². The van der Waals surface area contributed by atoms with Crippen LogP contribution in [0, 0.1) is 0 Å². The molecule has 1 amide bonds. The summed E-state index contributed by atoms with van der Waals surface area (Å²) in [5.74, 6) is 0.0641. The van der Waals surface area contributed by atoms with E-state index in [0.29, 0.717) is 13.1 Å². The number of fused-ring (bicyclic) bond motifs is 3. The summed E-state index contributed by atoms with van der Waals surface area (Å²) in [6, 6.07) is 10.1. The smallest absolute Gasteiger partial charge is 0.270 e. The third-order valence-corrected chi connectivity index (χ3v) is 3.62. The summed E-state index contributed by atoms with van der Waals surface area (Å²) in [6.45, 7) is 8.84. The zero-order valence-electron chi connectivity index (χ0n) is 10.7. The molecule has 0 bridgehead atoms. The Balaban J connectivity index is 2.21. The molecule has 3 nitrogen and oxygen atoms in total. The Bertz CT molecular complexity index is 668. The van der Waals surface area contributed by atoms with Crippen molar-refractivity contribution in [3.63, 3.8) is 0 Å². The van der Waals surface area contributed by atoms with Crippen LogP contribution in [0.5, 0.6) is 0 Å². The Kier molecular flexibility index (Phi) is 2.75. The highest BCUT2D eigenvalue weighted by molar-refractivity contribution is 5.99. The second kappa shape index (κ2) is 4.43. The normalized spacial score (nSPS) is 18.4. The maximum Gasteiger partial charge on any atom is 0.270 e. The first kappa shape index (κ1) is 11.8. The quantitative estimate of drug-likeness (QED) is 0.771. The van der Waals surface area contributed by atoms with E-state index < -0.39 is 0 Å². The van der Waals surface area contributed by atoms with Crippen LogP contribution in [0.4, 0.5) is 0 Å². The Hall–Kier alpha value is -2.29. The van der Waals surface area contributed by atoms with Crippen molar-refractivity contribution in [3.05, 3.63) is 61.3 Å². The fraction of sp³-hybridized carbons (Fsp3) is 0.188. The molecule has 2 aromatic rings. The molecule has 3 heteroatoms. The molecule has 3 rings (SSSR count). The molecule has 2 heterocycles. The molecule has 1 atom stereocenters. The zero-order valence-corrected chi connectivity index (χ0v) is 10.7. The lowest BCUT2D eigenvalue weighted by molar-refractivity contribution is 0.0712. The zero-order chi connectivity index (χ0) is 13.4. The second-order valence-corrected chi connectivity index (χ2v) is 4.76. The Morgan fingerprint density at radius 3 is 2.84 bits per heavy atom. The number of amides is 1. The Morgan fingerprint density at radius 1 is 1.32 bits per heavy atom. The van der Waals surface area contributed by atoms with Crippen molar-refractivity contribution >= 4 is 16.8 Å². The molecule has 0 N–H and O–H groups in total. The average Bonchev–Trinajstić information content (AvgIpc) is 2.82. The molecular weight excluding hydrogens is 236 g/mol. The number of para-hydroxylation sites is 1. The first-order chi connectivity index (χ1) is 9.26. The molecular formula is C16H16N2O. The number of nitrogens with zero attached hydrogens (tertiary/aromatic N) is 2. The summed E-state index contributed by atoms with van der Waals surface area (Å²) in [6.07, 6.45) is 3.66. The van der Waals surface area contributed by atoms with E-state index in [1.54, 1.807) is 6.08 Å². The molecule has 0 radical (unpaired) electrons. The molecule has 0 fully saturated rings. The fourth-order valence-electron chi connectivity index (χ4n) is 2.74. The van der Waals surface area contributed by atoms with Crippen LogP contribution in [0.15, 0.2) is 55.6 Å². The molecule has 19 heavy (non-hydrogen) atoms. The summed E-state index contributed by atoms with van der Waals surface area (Å²) >= 11 is 0. The van der Waals surface area contributed by atoms with Gasteiger partial charge in [-0.15, -0.1) is 13.2 Å². The monoisotopic (exact) mass is 252 g/mol. The van der Waals surface area contributed by atoms with E-state index in [0.717, 1.165) is 16.6 Å². The molecule has 1 aliphatic heterocycles. The highest BCUT2D eigenvalue weighted by atomic mass is 16.2. The highest BCUT2D eigenvalue weighted by Crippen LogP contribution is 2.30. The number of hydrogen-bond donors (Lipinski definition) is 0. The average molecular weight is 252 g/mol. The third-order valence-electron chi connectivity index (χ3n) is 3.62. The predicted octanol–water partition coefficient (Wildman–Crippen LogP) is 3.01. The van der Waals surface area contributed by atoms with Crippen molar-refractivity contribution in [2.45, 2.75) is 6.04 Å². The van der Waals surface area contributed by atoms with Crippen LogP contribution in [0.3, 0.4) is 0 Å². The van der Waals surface area contributed by atoms with E-state index >= 15 is 0 Å². The van der Waals surface area contributed by atoms with Crippen molar-refractivity contribution in [1.82, 2.24) is 9.47 Å². The maximum absolute atomic E-state index is 12.5. The Labute approximate surface area is 112 Å². The van der Waals surface area contributed by atoms with Crippen LogP contribution < -0.4 is 0 Å². The van der Waals surface area contributed by atoms with Gasteiger partial charge in [-0.05, 0) is 12.1 Å². The third kappa shape index (κ3) is 1.70. The standard InChI is InChI=1S/C16H16N2O/c1-3-9-17-11-13(4-2)18-14-8-6-5-7-12(14)10-15(18)16(17)19/h3-8,10,13H,1-2,9,11H2/t13-/m0/s1. The SMILES string of the molecule is C=CCN1C[C@H](C=C)n2c(cc3ccccc32)C1=O. The summed E-state index contributed by atoms with van der Waals surface area (Å²) < 4.78 is 2.09. The lowest BCUT2D eigenvalue weighted by Gasteiger charge is -2.33. The predicted molar refractivity (Wildman–Crippen MR) is 77.3 cm³/mol. The van der Waals surface area contributed by atoms with Gasteiger partial charge in [0, 0.05) is 24.0 Å². The van der Waals surface area contributed by atoms with E-state index in [4.69, 9.17) is 0 Å². The topological polar surface area (TPSA) is 25.2 Å². The minimum Gasteiger partial charge on any atom is -0.331 e. The highest BCUT2D eigenvalue weighted by Gasteiger charge is 2.30. The summed E-state index contributed by atoms with van der Waals surface area (Å²) in [4.78, 5) is 14.3. The molecule has 1 aromatic carbocycles. The number of benzene rings is 1. The van der Waals surface area contributed by atoms with Gasteiger partial charge in [-0.3, -0.25) is 4.79 Å². The first-order valence-electron chi connectivity index (χ1n) is 6.39. The molecule has 1 aromatic heterocycles. The fourth-order valence-corrected chi connectivity index (χ4v) is 2.74. The lowest BCUT2D eigenvalue weighted by atomic mass is 10.1. The van der Waals surface area contributed by atoms with Crippen molar-refractivity contribution in [2.24, 2.45) is 0 Å². The first-order valence-corrected chi connectivity index (χ1v) is 6.39. The number of rotatable bonds is 3.